The van der Waals surface area contributed by atoms with E-state index in [4.69, 9.17) is 16.6 Å². The molecule has 0 saturated heterocycles. The third-order valence-corrected chi connectivity index (χ3v) is 5.50. The van der Waals surface area contributed by atoms with Crippen LogP contribution in [0.15, 0.2) is 66.8 Å². The molecule has 0 spiro atoms. The average molecular weight is 390 g/mol. The van der Waals surface area contributed by atoms with Gasteiger partial charge in [0.2, 0.25) is 0 Å². The molecule has 0 amide bonds. The molecule has 2 aliphatic heterocycles. The Labute approximate surface area is 172 Å². The zero-order valence-corrected chi connectivity index (χ0v) is 17.3. The van der Waals surface area contributed by atoms with E-state index in [0.29, 0.717) is 5.02 Å². The topological polar surface area (TPSA) is 18.8 Å². The smallest absolute Gasteiger partial charge is 0.116 e. The average Bonchev–Trinajstić information content (AvgIpc) is 3.00. The fourth-order valence-corrected chi connectivity index (χ4v) is 4.01. The van der Waals surface area contributed by atoms with Crippen LogP contribution in [0, 0.1) is 5.92 Å². The van der Waals surface area contributed by atoms with E-state index in [2.05, 4.69) is 55.5 Å². The Hall–Kier alpha value is -2.78. The highest BCUT2D eigenvalue weighted by Gasteiger charge is 2.33. The van der Waals surface area contributed by atoms with E-state index in [1.54, 1.807) is 0 Å². The predicted octanol–water partition coefficient (Wildman–Crippen LogP) is 6.88. The van der Waals surface area contributed by atoms with Crippen LogP contribution in [0.3, 0.4) is 0 Å². The molecule has 2 aromatic carbocycles. The van der Waals surface area contributed by atoms with Crippen LogP contribution in [0.1, 0.15) is 31.9 Å². The minimum absolute atomic E-state index is 0.225. The molecule has 142 valence electrons. The maximum Gasteiger partial charge on any atom is 0.116 e. The number of rotatable bonds is 3. The highest BCUT2D eigenvalue weighted by atomic mass is 35.5. The van der Waals surface area contributed by atoms with Gasteiger partial charge in [0.15, 0.2) is 0 Å². The minimum Gasteiger partial charge on any atom is -0.341 e. The molecule has 4 heteroatoms. The van der Waals surface area contributed by atoms with Crippen LogP contribution in [-0.2, 0) is 0 Å². The lowest BCUT2D eigenvalue weighted by Crippen LogP contribution is -2.35. The van der Waals surface area contributed by atoms with Crippen molar-refractivity contribution in [3.05, 3.63) is 78.0 Å². The summed E-state index contributed by atoms with van der Waals surface area (Å²) in [6.07, 6.45) is 0. The molecule has 0 aromatic heterocycles. The van der Waals surface area contributed by atoms with Gasteiger partial charge in [-0.25, -0.2) is 4.99 Å². The standard InChI is InChI=1S/C24H24ClN3/c1-14(2)24-26-23-20(17(6)28(24)19-9-7-18(25)8-10-19)11-12-21-22(23)16(5)13-27(21)15(3)4/h7-12,14H,3,5-6,13H2,1-2,4H3. The number of allylic oxidation sites excluding steroid dienone is 1. The Balaban J connectivity index is 1.92. The number of hydrogen-bond acceptors (Lipinski definition) is 3. The summed E-state index contributed by atoms with van der Waals surface area (Å²) in [6.45, 7) is 19.9. The van der Waals surface area contributed by atoms with Crippen molar-refractivity contribution in [2.24, 2.45) is 10.9 Å². The van der Waals surface area contributed by atoms with Crippen molar-refractivity contribution in [2.45, 2.75) is 20.8 Å². The van der Waals surface area contributed by atoms with E-state index < -0.39 is 0 Å². The van der Waals surface area contributed by atoms with Crippen molar-refractivity contribution in [1.29, 1.82) is 0 Å². The van der Waals surface area contributed by atoms with E-state index in [1.165, 1.54) is 0 Å². The van der Waals surface area contributed by atoms with Crippen molar-refractivity contribution in [1.82, 2.24) is 0 Å². The zero-order valence-electron chi connectivity index (χ0n) is 16.6. The Kier molecular flexibility index (Phi) is 4.43. The van der Waals surface area contributed by atoms with Crippen molar-refractivity contribution >= 4 is 45.8 Å². The lowest BCUT2D eigenvalue weighted by molar-refractivity contribution is 0.863. The van der Waals surface area contributed by atoms with Gasteiger partial charge in [-0.2, -0.15) is 0 Å². The summed E-state index contributed by atoms with van der Waals surface area (Å²) >= 11 is 6.09. The Morgan fingerprint density at radius 3 is 2.39 bits per heavy atom. The van der Waals surface area contributed by atoms with Crippen LogP contribution >= 0.6 is 11.6 Å². The van der Waals surface area contributed by atoms with E-state index in [1.807, 2.05) is 31.2 Å². The maximum atomic E-state index is 6.09. The number of halogens is 1. The number of anilines is 2. The molecule has 0 fully saturated rings. The number of aliphatic imine (C=N–C) groups is 1. The second-order valence-corrected chi connectivity index (χ2v) is 8.10. The van der Waals surface area contributed by atoms with Gasteiger partial charge in [0.05, 0.1) is 11.4 Å². The van der Waals surface area contributed by atoms with Crippen LogP contribution in [0.2, 0.25) is 5.02 Å². The molecule has 4 rings (SSSR count). The van der Waals surface area contributed by atoms with E-state index >= 15 is 0 Å². The minimum atomic E-state index is 0.225. The van der Waals surface area contributed by atoms with Gasteiger partial charge >= 0.3 is 0 Å². The molecule has 3 nitrogen and oxygen atoms in total. The van der Waals surface area contributed by atoms with Crippen LogP contribution in [0.4, 0.5) is 17.1 Å². The van der Waals surface area contributed by atoms with Crippen LogP contribution in [-0.4, -0.2) is 12.4 Å². The largest absolute Gasteiger partial charge is 0.341 e. The summed E-state index contributed by atoms with van der Waals surface area (Å²) in [4.78, 5) is 9.44. The second kappa shape index (κ2) is 6.68. The van der Waals surface area contributed by atoms with E-state index in [0.717, 1.165) is 57.5 Å². The first-order valence-corrected chi connectivity index (χ1v) is 9.79. The van der Waals surface area contributed by atoms with Crippen LogP contribution < -0.4 is 9.80 Å². The van der Waals surface area contributed by atoms with Gasteiger partial charge in [-0.3, -0.25) is 4.90 Å². The summed E-state index contributed by atoms with van der Waals surface area (Å²) in [6, 6.07) is 12.0. The van der Waals surface area contributed by atoms with Crippen molar-refractivity contribution in [3.63, 3.8) is 0 Å². The van der Waals surface area contributed by atoms with E-state index in [9.17, 15) is 0 Å². The molecule has 0 N–H and O–H groups in total. The molecule has 0 radical (unpaired) electrons. The molecular weight excluding hydrogens is 366 g/mol. The van der Waals surface area contributed by atoms with Gasteiger partial charge in [0.1, 0.15) is 5.84 Å². The number of hydrogen-bond donors (Lipinski definition) is 0. The summed E-state index contributed by atoms with van der Waals surface area (Å²) in [7, 11) is 0. The number of benzene rings is 2. The van der Waals surface area contributed by atoms with Crippen molar-refractivity contribution < 1.29 is 0 Å². The fraction of sp³-hybridized carbons (Fsp3) is 0.208. The van der Waals surface area contributed by atoms with Gasteiger partial charge in [-0.05, 0) is 48.9 Å². The monoisotopic (exact) mass is 389 g/mol. The molecular formula is C24H24ClN3. The first kappa shape index (κ1) is 18.6. The van der Waals surface area contributed by atoms with Crippen molar-refractivity contribution in [3.8, 4) is 0 Å². The molecule has 0 atom stereocenters. The number of nitrogens with zero attached hydrogens (tertiary/aromatic N) is 3. The quantitative estimate of drug-likeness (QED) is 0.569. The molecule has 0 unspecified atom stereocenters. The molecule has 2 heterocycles. The summed E-state index contributed by atoms with van der Waals surface area (Å²) in [5, 5.41) is 0.712. The van der Waals surface area contributed by atoms with Crippen LogP contribution in [0.5, 0.6) is 0 Å². The van der Waals surface area contributed by atoms with Gasteiger partial charge < -0.3 is 4.90 Å². The van der Waals surface area contributed by atoms with Crippen molar-refractivity contribution in [2.75, 3.05) is 16.3 Å². The Bertz CT molecular complexity index is 1040. The molecule has 0 bridgehead atoms. The highest BCUT2D eigenvalue weighted by Crippen LogP contribution is 2.48. The molecule has 2 aliphatic rings. The second-order valence-electron chi connectivity index (χ2n) is 7.66. The van der Waals surface area contributed by atoms with Gasteiger partial charge in [0.25, 0.3) is 0 Å². The normalized spacial score (nSPS) is 15.7. The fourth-order valence-electron chi connectivity index (χ4n) is 3.89. The molecule has 2 aromatic rings. The Morgan fingerprint density at radius 2 is 1.79 bits per heavy atom. The first-order chi connectivity index (χ1) is 13.3. The summed E-state index contributed by atoms with van der Waals surface area (Å²) in [5.41, 5.74) is 8.22. The lowest BCUT2D eigenvalue weighted by Gasteiger charge is -2.35. The van der Waals surface area contributed by atoms with Gasteiger partial charge in [0, 0.05) is 45.7 Å². The number of fused-ring (bicyclic) bond motifs is 3. The number of amidine groups is 1. The van der Waals surface area contributed by atoms with Gasteiger partial charge in [-0.1, -0.05) is 45.2 Å². The third-order valence-electron chi connectivity index (χ3n) is 5.25. The van der Waals surface area contributed by atoms with Crippen LogP contribution in [0.25, 0.3) is 11.3 Å². The SMILES string of the molecule is C=C1CN(C(=C)C)c2ccc3c(c21)N=C(C(C)C)N(c1ccc(Cl)cc1)C3=C. The first-order valence-electron chi connectivity index (χ1n) is 9.41. The summed E-state index contributed by atoms with van der Waals surface area (Å²) in [5.74, 6) is 1.19. The van der Waals surface area contributed by atoms with Gasteiger partial charge in [-0.15, -0.1) is 0 Å². The molecule has 0 saturated carbocycles. The summed E-state index contributed by atoms with van der Waals surface area (Å²) < 4.78 is 0. The molecule has 0 aliphatic carbocycles. The zero-order chi connectivity index (χ0) is 20.2. The molecule has 28 heavy (non-hydrogen) atoms. The predicted molar refractivity (Wildman–Crippen MR) is 123 cm³/mol. The Morgan fingerprint density at radius 1 is 1.11 bits per heavy atom. The highest BCUT2D eigenvalue weighted by molar-refractivity contribution is 6.30. The lowest BCUT2D eigenvalue weighted by atomic mass is 9.96. The third kappa shape index (κ3) is 2.78. The maximum absolute atomic E-state index is 6.09. The van der Waals surface area contributed by atoms with E-state index in [-0.39, 0.29) is 5.92 Å².